The Labute approximate surface area is 160 Å². The number of fused-ring (bicyclic) bond motifs is 9. The lowest BCUT2D eigenvalue weighted by Gasteiger charge is -2.51. The third-order valence-electron chi connectivity index (χ3n) is 8.03. The second kappa shape index (κ2) is 5.91. The Kier molecular flexibility index (Phi) is 4.06. The molecule has 158 valence electrons. The highest BCUT2D eigenvalue weighted by atomic mass is 19.4. The third-order valence-corrected chi connectivity index (χ3v) is 8.03. The number of hydrogen-bond acceptors (Lipinski definition) is 3. The Bertz CT molecular complexity index is 679. The van der Waals surface area contributed by atoms with Gasteiger partial charge in [0.05, 0.1) is 0 Å². The van der Waals surface area contributed by atoms with Crippen molar-refractivity contribution in [2.75, 3.05) is 0 Å². The lowest BCUT2D eigenvalue weighted by Crippen LogP contribution is -2.72. The summed E-state index contributed by atoms with van der Waals surface area (Å²) in [6, 6.07) is 0. The van der Waals surface area contributed by atoms with E-state index in [0.717, 1.165) is 12.8 Å². The Morgan fingerprint density at radius 1 is 1.04 bits per heavy atom. The molecule has 28 heavy (non-hydrogen) atoms. The molecule has 1 saturated heterocycles. The lowest BCUT2D eigenvalue weighted by atomic mass is 9.67. The van der Waals surface area contributed by atoms with Crippen molar-refractivity contribution in [3.8, 4) is 0 Å². The SMILES string of the molecule is CCCC1OC(C2CC3CC2C2C4C=CC(C4)C32)C(F)(F)C(O)(C(F)(F)F)O1. The van der Waals surface area contributed by atoms with Crippen LogP contribution in [0, 0.1) is 41.4 Å². The fourth-order valence-corrected chi connectivity index (χ4v) is 7.14. The van der Waals surface area contributed by atoms with E-state index in [0.29, 0.717) is 30.6 Å². The minimum Gasteiger partial charge on any atom is -0.354 e. The van der Waals surface area contributed by atoms with Gasteiger partial charge in [-0.05, 0) is 67.1 Å². The van der Waals surface area contributed by atoms with Gasteiger partial charge in [0.1, 0.15) is 6.10 Å². The Hall–Kier alpha value is -0.730. The van der Waals surface area contributed by atoms with Crippen molar-refractivity contribution < 1.29 is 36.5 Å². The summed E-state index contributed by atoms with van der Waals surface area (Å²) in [4.78, 5) is 0. The molecule has 5 aliphatic rings. The summed E-state index contributed by atoms with van der Waals surface area (Å²) in [7, 11) is 0. The van der Waals surface area contributed by atoms with Crippen LogP contribution >= 0.6 is 0 Å². The zero-order valence-corrected chi connectivity index (χ0v) is 15.5. The maximum Gasteiger partial charge on any atom is 0.449 e. The van der Waals surface area contributed by atoms with Crippen molar-refractivity contribution in [1.29, 1.82) is 0 Å². The molecule has 0 spiro atoms. The molecule has 10 atom stereocenters. The summed E-state index contributed by atoms with van der Waals surface area (Å²) in [6.07, 6.45) is -2.05. The maximum atomic E-state index is 15.1. The summed E-state index contributed by atoms with van der Waals surface area (Å²) >= 11 is 0. The molecule has 4 fully saturated rings. The van der Waals surface area contributed by atoms with Crippen LogP contribution in [0.1, 0.15) is 39.0 Å². The van der Waals surface area contributed by atoms with Crippen molar-refractivity contribution >= 4 is 0 Å². The van der Waals surface area contributed by atoms with Gasteiger partial charge in [-0.25, -0.2) is 0 Å². The van der Waals surface area contributed by atoms with E-state index in [4.69, 9.17) is 4.74 Å². The van der Waals surface area contributed by atoms with Crippen molar-refractivity contribution in [3.63, 3.8) is 0 Å². The van der Waals surface area contributed by atoms with E-state index in [-0.39, 0.29) is 24.2 Å². The van der Waals surface area contributed by atoms with Crippen LogP contribution in [0.25, 0.3) is 0 Å². The van der Waals surface area contributed by atoms with Gasteiger partial charge in [-0.1, -0.05) is 25.5 Å². The van der Waals surface area contributed by atoms with Crippen molar-refractivity contribution in [3.05, 3.63) is 12.2 Å². The highest BCUT2D eigenvalue weighted by molar-refractivity contribution is 5.22. The first-order valence-electron chi connectivity index (χ1n) is 10.3. The number of ether oxygens (including phenoxy) is 2. The summed E-state index contributed by atoms with van der Waals surface area (Å²) in [5.41, 5.74) is 0. The standard InChI is InChI=1S/C20H25F5O3/c1-2-3-14-27-17(18(21,22)19(26,28-14)20(23,24)25)13-8-11-7-12(13)16-10-5-4-9(6-10)15(11)16/h4-5,9-17,26H,2-3,6-8H2,1H3. The molecule has 5 rings (SSSR count). The Morgan fingerprint density at radius 2 is 1.68 bits per heavy atom. The molecule has 1 aliphatic heterocycles. The third kappa shape index (κ3) is 2.31. The molecule has 1 N–H and O–H groups in total. The topological polar surface area (TPSA) is 38.7 Å². The smallest absolute Gasteiger partial charge is 0.354 e. The molecule has 3 nitrogen and oxygen atoms in total. The number of alkyl halides is 5. The summed E-state index contributed by atoms with van der Waals surface area (Å²) in [6.45, 7) is 1.70. The minimum absolute atomic E-state index is 0.0191. The van der Waals surface area contributed by atoms with Gasteiger partial charge in [0.25, 0.3) is 0 Å². The molecule has 0 amide bonds. The molecule has 0 radical (unpaired) electrons. The second-order valence-electron chi connectivity index (χ2n) is 9.32. The molecule has 10 unspecified atom stereocenters. The Morgan fingerprint density at radius 3 is 2.32 bits per heavy atom. The van der Waals surface area contributed by atoms with Crippen LogP contribution in [0.3, 0.4) is 0 Å². The van der Waals surface area contributed by atoms with Gasteiger partial charge < -0.3 is 14.6 Å². The van der Waals surface area contributed by atoms with Gasteiger partial charge in [-0.2, -0.15) is 22.0 Å². The fourth-order valence-electron chi connectivity index (χ4n) is 7.14. The molecular formula is C20H25F5O3. The molecule has 1 heterocycles. The first-order chi connectivity index (χ1) is 13.1. The fraction of sp³-hybridized carbons (Fsp3) is 0.900. The van der Waals surface area contributed by atoms with Crippen LogP contribution in [0.5, 0.6) is 0 Å². The molecule has 4 bridgehead atoms. The molecular weight excluding hydrogens is 383 g/mol. The largest absolute Gasteiger partial charge is 0.449 e. The van der Waals surface area contributed by atoms with Crippen LogP contribution in [0.4, 0.5) is 22.0 Å². The molecule has 0 aromatic rings. The number of allylic oxidation sites excluding steroid dienone is 2. The van der Waals surface area contributed by atoms with E-state index >= 15 is 8.78 Å². The summed E-state index contributed by atoms with van der Waals surface area (Å²) in [5.74, 6) is -8.04. The highest BCUT2D eigenvalue weighted by Crippen LogP contribution is 2.69. The monoisotopic (exact) mass is 408 g/mol. The van der Waals surface area contributed by atoms with Gasteiger partial charge in [-0.3, -0.25) is 0 Å². The van der Waals surface area contributed by atoms with Crippen LogP contribution in [0.2, 0.25) is 0 Å². The average Bonchev–Trinajstić information content (AvgIpc) is 3.35. The zero-order valence-electron chi connectivity index (χ0n) is 15.5. The molecule has 3 saturated carbocycles. The molecule has 4 aliphatic carbocycles. The van der Waals surface area contributed by atoms with E-state index in [1.54, 1.807) is 6.92 Å². The minimum atomic E-state index is -5.61. The number of aliphatic hydroxyl groups is 1. The molecule has 8 heteroatoms. The normalized spacial score (nSPS) is 53.8. The van der Waals surface area contributed by atoms with Gasteiger partial charge in [-0.15, -0.1) is 0 Å². The second-order valence-corrected chi connectivity index (χ2v) is 9.32. The predicted molar refractivity (Wildman–Crippen MR) is 88.0 cm³/mol. The van der Waals surface area contributed by atoms with Gasteiger partial charge >= 0.3 is 17.9 Å². The van der Waals surface area contributed by atoms with Crippen LogP contribution < -0.4 is 0 Å². The van der Waals surface area contributed by atoms with Gasteiger partial charge in [0.15, 0.2) is 6.29 Å². The van der Waals surface area contributed by atoms with Gasteiger partial charge in [0.2, 0.25) is 0 Å². The number of hydrogen-bond donors (Lipinski definition) is 1. The lowest BCUT2D eigenvalue weighted by molar-refractivity contribution is -0.508. The summed E-state index contributed by atoms with van der Waals surface area (Å²) in [5, 5.41) is 10.0. The first kappa shape index (κ1) is 19.2. The van der Waals surface area contributed by atoms with Crippen molar-refractivity contribution in [2.24, 2.45) is 41.4 Å². The maximum absolute atomic E-state index is 15.1. The van der Waals surface area contributed by atoms with E-state index in [2.05, 4.69) is 16.9 Å². The zero-order chi connectivity index (χ0) is 20.1. The predicted octanol–water partition coefficient (Wildman–Crippen LogP) is 4.51. The summed E-state index contributed by atoms with van der Waals surface area (Å²) < 4.78 is 80.6. The Balaban J connectivity index is 1.48. The van der Waals surface area contributed by atoms with Crippen LogP contribution in [0.15, 0.2) is 12.2 Å². The molecule has 0 aromatic heterocycles. The van der Waals surface area contributed by atoms with Crippen molar-refractivity contribution in [1.82, 2.24) is 0 Å². The van der Waals surface area contributed by atoms with E-state index in [9.17, 15) is 18.3 Å². The van der Waals surface area contributed by atoms with Crippen LogP contribution in [-0.4, -0.2) is 35.4 Å². The van der Waals surface area contributed by atoms with E-state index < -0.39 is 36.2 Å². The number of halogens is 5. The van der Waals surface area contributed by atoms with Crippen molar-refractivity contribution in [2.45, 2.75) is 69.3 Å². The first-order valence-corrected chi connectivity index (χ1v) is 10.3. The highest BCUT2D eigenvalue weighted by Gasteiger charge is 2.79. The van der Waals surface area contributed by atoms with Gasteiger partial charge in [0, 0.05) is 0 Å². The number of rotatable bonds is 3. The van der Waals surface area contributed by atoms with E-state index in [1.807, 2.05) is 0 Å². The molecule has 0 aromatic carbocycles. The quantitative estimate of drug-likeness (QED) is 0.424. The van der Waals surface area contributed by atoms with Crippen LogP contribution in [-0.2, 0) is 9.47 Å². The van der Waals surface area contributed by atoms with E-state index in [1.165, 1.54) is 0 Å². The average molecular weight is 408 g/mol.